The summed E-state index contributed by atoms with van der Waals surface area (Å²) in [5, 5.41) is 7.40. The van der Waals surface area contributed by atoms with Gasteiger partial charge in [-0.25, -0.2) is 9.37 Å². The van der Waals surface area contributed by atoms with E-state index in [1.807, 2.05) is 6.07 Å². The molecule has 0 unspecified atom stereocenters. The highest BCUT2D eigenvalue weighted by molar-refractivity contribution is 9.10. The Bertz CT molecular complexity index is 1540. The molecule has 0 aliphatic carbocycles. The number of hydrogen-bond acceptors (Lipinski definition) is 5. The van der Waals surface area contributed by atoms with Crippen LogP contribution in [0, 0.1) is 5.82 Å². The zero-order chi connectivity index (χ0) is 26.4. The number of ether oxygens (including phenoxy) is 1. The first-order chi connectivity index (χ1) is 17.9. The number of fused-ring (bicyclic) bond motifs is 1. The van der Waals surface area contributed by atoms with E-state index >= 15 is 0 Å². The number of aromatic nitrogens is 2. The lowest BCUT2D eigenvalue weighted by Crippen LogP contribution is -2.23. The summed E-state index contributed by atoms with van der Waals surface area (Å²) >= 11 is 6.84. The van der Waals surface area contributed by atoms with Gasteiger partial charge in [-0.3, -0.25) is 9.59 Å². The lowest BCUT2D eigenvalue weighted by atomic mass is 10.2. The molecular formula is C27H23Br2FN4O3. The van der Waals surface area contributed by atoms with E-state index in [4.69, 9.17) is 4.74 Å². The zero-order valence-electron chi connectivity index (χ0n) is 19.9. The normalized spacial score (nSPS) is 11.2. The molecule has 1 aromatic heterocycles. The monoisotopic (exact) mass is 628 g/mol. The van der Waals surface area contributed by atoms with Crippen molar-refractivity contribution in [2.75, 3.05) is 11.9 Å². The summed E-state index contributed by atoms with van der Waals surface area (Å²) in [6.45, 7) is 1.72. The van der Waals surface area contributed by atoms with Crippen molar-refractivity contribution >= 4 is 60.6 Å². The van der Waals surface area contributed by atoms with E-state index in [-0.39, 0.29) is 17.9 Å². The van der Waals surface area contributed by atoms with Crippen LogP contribution >= 0.6 is 31.9 Å². The lowest BCUT2D eigenvalue weighted by molar-refractivity contribution is -0.118. The summed E-state index contributed by atoms with van der Waals surface area (Å²) in [4.78, 5) is 30.3. The van der Waals surface area contributed by atoms with Crippen LogP contribution in [-0.2, 0) is 11.2 Å². The summed E-state index contributed by atoms with van der Waals surface area (Å²) in [7, 11) is 0. The van der Waals surface area contributed by atoms with E-state index < -0.39 is 11.7 Å². The molecule has 7 nitrogen and oxygen atoms in total. The van der Waals surface area contributed by atoms with E-state index in [0.717, 1.165) is 21.8 Å². The van der Waals surface area contributed by atoms with E-state index in [0.29, 0.717) is 34.5 Å². The van der Waals surface area contributed by atoms with Gasteiger partial charge in [0, 0.05) is 20.9 Å². The predicted octanol–water partition coefficient (Wildman–Crippen LogP) is 6.30. The van der Waals surface area contributed by atoms with Crippen LogP contribution < -0.4 is 15.6 Å². The number of hydrogen-bond donors (Lipinski definition) is 1. The second-order valence-electron chi connectivity index (χ2n) is 8.15. The van der Waals surface area contributed by atoms with Gasteiger partial charge in [0.15, 0.2) is 6.61 Å². The molecule has 1 amide bonds. The predicted molar refractivity (Wildman–Crippen MR) is 150 cm³/mol. The van der Waals surface area contributed by atoms with Crippen LogP contribution in [0.25, 0.3) is 10.9 Å². The molecule has 10 heteroatoms. The Labute approximate surface area is 229 Å². The molecule has 0 fully saturated rings. The second kappa shape index (κ2) is 12.2. The highest BCUT2D eigenvalue weighted by Crippen LogP contribution is 2.23. The number of rotatable bonds is 9. The number of para-hydroxylation sites is 1. The summed E-state index contributed by atoms with van der Waals surface area (Å²) in [6.07, 6.45) is 3.88. The highest BCUT2D eigenvalue weighted by atomic mass is 79.9. The smallest absolute Gasteiger partial charge is 0.282 e. The number of carbonyl (C=O) groups is 1. The SMILES string of the molecule is CCCCc1nc2ccc(Br)cc2c(=O)n1N=Cc1cc(Br)ccc1OCC(=O)Nc1ccccc1F. The van der Waals surface area contributed by atoms with E-state index in [2.05, 4.69) is 54.2 Å². The number of carbonyl (C=O) groups excluding carboxylic acids is 1. The van der Waals surface area contributed by atoms with Crippen LogP contribution in [0.5, 0.6) is 5.75 Å². The van der Waals surface area contributed by atoms with E-state index in [1.54, 1.807) is 36.4 Å². The third kappa shape index (κ3) is 6.69. The van der Waals surface area contributed by atoms with Crippen LogP contribution in [-0.4, -0.2) is 28.4 Å². The minimum Gasteiger partial charge on any atom is -0.483 e. The molecule has 0 spiro atoms. The largest absolute Gasteiger partial charge is 0.483 e. The fourth-order valence-electron chi connectivity index (χ4n) is 3.57. The Kier molecular flexibility index (Phi) is 8.83. The first-order valence-corrected chi connectivity index (χ1v) is 13.2. The first kappa shape index (κ1) is 26.7. The molecule has 190 valence electrons. The maximum Gasteiger partial charge on any atom is 0.282 e. The van der Waals surface area contributed by atoms with Crippen LogP contribution in [0.3, 0.4) is 0 Å². The van der Waals surface area contributed by atoms with Crippen molar-refractivity contribution in [3.63, 3.8) is 0 Å². The summed E-state index contributed by atoms with van der Waals surface area (Å²) in [5.41, 5.74) is 0.937. The summed E-state index contributed by atoms with van der Waals surface area (Å²) in [6, 6.07) is 16.5. The van der Waals surface area contributed by atoms with Gasteiger partial charge in [0.05, 0.1) is 22.8 Å². The number of aryl methyl sites for hydroxylation is 1. The Morgan fingerprint density at radius 2 is 1.89 bits per heavy atom. The molecule has 0 atom stereocenters. The number of amides is 1. The van der Waals surface area contributed by atoms with Gasteiger partial charge in [-0.05, 0) is 55.0 Å². The second-order valence-corrected chi connectivity index (χ2v) is 9.98. The van der Waals surface area contributed by atoms with Crippen molar-refractivity contribution in [2.45, 2.75) is 26.2 Å². The third-order valence-electron chi connectivity index (χ3n) is 5.42. The minimum atomic E-state index is -0.535. The van der Waals surface area contributed by atoms with Crippen LogP contribution in [0.2, 0.25) is 0 Å². The molecule has 4 rings (SSSR count). The van der Waals surface area contributed by atoms with Crippen molar-refractivity contribution < 1.29 is 13.9 Å². The molecule has 0 saturated heterocycles. The van der Waals surface area contributed by atoms with Gasteiger partial charge < -0.3 is 10.1 Å². The maximum absolute atomic E-state index is 13.8. The molecule has 37 heavy (non-hydrogen) atoms. The van der Waals surface area contributed by atoms with Gasteiger partial charge in [0.2, 0.25) is 0 Å². The van der Waals surface area contributed by atoms with Crippen molar-refractivity contribution in [1.29, 1.82) is 0 Å². The van der Waals surface area contributed by atoms with Crippen molar-refractivity contribution in [1.82, 2.24) is 9.66 Å². The molecule has 0 aliphatic heterocycles. The summed E-state index contributed by atoms with van der Waals surface area (Å²) in [5.74, 6) is -0.124. The molecule has 0 saturated carbocycles. The number of benzene rings is 3. The molecule has 0 aliphatic rings. The maximum atomic E-state index is 13.8. The van der Waals surface area contributed by atoms with Gasteiger partial charge in [-0.1, -0.05) is 57.3 Å². The highest BCUT2D eigenvalue weighted by Gasteiger charge is 2.13. The standard InChI is InChI=1S/C27H23Br2FN4O3/c1-2-3-8-25-32-22-11-9-19(29)14-20(22)27(36)34(25)31-15-17-13-18(28)10-12-24(17)37-16-26(35)33-23-7-5-4-6-21(23)30/h4-7,9-15H,2-3,8,16H2,1H3,(H,33,35). The number of nitrogens with zero attached hydrogens (tertiary/aromatic N) is 3. The number of unbranched alkanes of at least 4 members (excludes halogenated alkanes) is 1. The number of halogens is 3. The molecular weight excluding hydrogens is 607 g/mol. The van der Waals surface area contributed by atoms with Crippen molar-refractivity contribution in [2.24, 2.45) is 5.10 Å². The zero-order valence-corrected chi connectivity index (χ0v) is 23.1. The fourth-order valence-corrected chi connectivity index (χ4v) is 4.31. The molecule has 1 heterocycles. The molecule has 4 aromatic rings. The molecule has 3 aromatic carbocycles. The number of anilines is 1. The van der Waals surface area contributed by atoms with Gasteiger partial charge in [0.1, 0.15) is 17.4 Å². The van der Waals surface area contributed by atoms with Crippen LogP contribution in [0.4, 0.5) is 10.1 Å². The Hall–Kier alpha value is -3.37. The average Bonchev–Trinajstić information content (AvgIpc) is 2.88. The van der Waals surface area contributed by atoms with Gasteiger partial charge >= 0.3 is 0 Å². The molecule has 1 N–H and O–H groups in total. The Morgan fingerprint density at radius 3 is 2.68 bits per heavy atom. The quantitative estimate of drug-likeness (QED) is 0.220. The van der Waals surface area contributed by atoms with Crippen molar-refractivity contribution in [3.05, 3.63) is 97.2 Å². The topological polar surface area (TPSA) is 85.6 Å². The average molecular weight is 630 g/mol. The van der Waals surface area contributed by atoms with Gasteiger partial charge in [-0.2, -0.15) is 9.78 Å². The van der Waals surface area contributed by atoms with Crippen molar-refractivity contribution in [3.8, 4) is 5.75 Å². The molecule has 0 bridgehead atoms. The third-order valence-corrected chi connectivity index (χ3v) is 6.41. The van der Waals surface area contributed by atoms with E-state index in [1.165, 1.54) is 29.1 Å². The molecule has 0 radical (unpaired) electrons. The fraction of sp³-hybridized carbons (Fsp3) is 0.185. The first-order valence-electron chi connectivity index (χ1n) is 11.6. The van der Waals surface area contributed by atoms with Crippen LogP contribution in [0.1, 0.15) is 31.2 Å². The Balaban J connectivity index is 1.62. The van der Waals surface area contributed by atoms with Gasteiger partial charge in [0.25, 0.3) is 11.5 Å². The summed E-state index contributed by atoms with van der Waals surface area (Å²) < 4.78 is 22.4. The number of nitrogens with one attached hydrogen (secondary N) is 1. The minimum absolute atomic E-state index is 0.0723. The lowest BCUT2D eigenvalue weighted by Gasteiger charge is -2.11. The Morgan fingerprint density at radius 1 is 1.14 bits per heavy atom. The van der Waals surface area contributed by atoms with Crippen LogP contribution in [0.15, 0.2) is 79.5 Å². The van der Waals surface area contributed by atoms with E-state index in [9.17, 15) is 14.0 Å². The van der Waals surface area contributed by atoms with Gasteiger partial charge in [-0.15, -0.1) is 0 Å².